The number of nitrogens with one attached hydrogen (secondary N) is 1. The highest BCUT2D eigenvalue weighted by molar-refractivity contribution is 5.46. The Hall–Kier alpha value is -1.80. The van der Waals surface area contributed by atoms with E-state index in [1.165, 1.54) is 27.8 Å². The fourth-order valence-corrected chi connectivity index (χ4v) is 2.36. The van der Waals surface area contributed by atoms with Gasteiger partial charge in [0.25, 0.3) is 0 Å². The second-order valence-corrected chi connectivity index (χ2v) is 5.45. The molecule has 2 rings (SSSR count). The van der Waals surface area contributed by atoms with Crippen LogP contribution in [0.4, 0.5) is 0 Å². The quantitative estimate of drug-likeness (QED) is 0.886. The van der Waals surface area contributed by atoms with Crippen molar-refractivity contribution in [1.82, 2.24) is 5.32 Å². The van der Waals surface area contributed by atoms with Crippen molar-refractivity contribution in [2.24, 2.45) is 0 Å². The largest absolute Gasteiger partial charge is 0.457 e. The van der Waals surface area contributed by atoms with E-state index >= 15 is 0 Å². The summed E-state index contributed by atoms with van der Waals surface area (Å²) in [5, 5.41) is 3.19. The lowest BCUT2D eigenvalue weighted by atomic mass is 10.1. The molecule has 0 aromatic heterocycles. The van der Waals surface area contributed by atoms with Gasteiger partial charge in [-0.3, -0.25) is 0 Å². The molecule has 0 saturated heterocycles. The molecule has 20 heavy (non-hydrogen) atoms. The molecule has 0 fully saturated rings. The first kappa shape index (κ1) is 14.6. The minimum absolute atomic E-state index is 0.806. The van der Waals surface area contributed by atoms with Gasteiger partial charge in [-0.25, -0.2) is 0 Å². The average Bonchev–Trinajstić information content (AvgIpc) is 2.38. The summed E-state index contributed by atoms with van der Waals surface area (Å²) in [4.78, 5) is 0. The molecule has 0 atom stereocenters. The Morgan fingerprint density at radius 2 is 1.65 bits per heavy atom. The third kappa shape index (κ3) is 3.20. The molecule has 0 heterocycles. The molecule has 0 bridgehead atoms. The van der Waals surface area contributed by atoms with Crippen LogP contribution in [0.5, 0.6) is 11.5 Å². The Balaban J connectivity index is 2.39. The van der Waals surface area contributed by atoms with Crippen LogP contribution in [0.2, 0.25) is 0 Å². The molecule has 0 aliphatic heterocycles. The lowest BCUT2D eigenvalue weighted by Crippen LogP contribution is -2.07. The molecule has 106 valence electrons. The summed E-state index contributed by atoms with van der Waals surface area (Å²) in [7, 11) is 1.95. The van der Waals surface area contributed by atoms with E-state index in [0.717, 1.165) is 18.0 Å². The summed E-state index contributed by atoms with van der Waals surface area (Å²) < 4.78 is 6.17. The van der Waals surface area contributed by atoms with Crippen molar-refractivity contribution in [3.05, 3.63) is 58.1 Å². The molecule has 0 amide bonds. The third-order valence-corrected chi connectivity index (χ3v) is 3.57. The zero-order chi connectivity index (χ0) is 14.7. The van der Waals surface area contributed by atoms with E-state index in [-0.39, 0.29) is 0 Å². The SMILES string of the molecule is CNCc1cc(C)ccc1Oc1cc(C)cc(C)c1C. The van der Waals surface area contributed by atoms with E-state index in [0.29, 0.717) is 0 Å². The van der Waals surface area contributed by atoms with E-state index < -0.39 is 0 Å². The Morgan fingerprint density at radius 1 is 0.900 bits per heavy atom. The highest BCUT2D eigenvalue weighted by atomic mass is 16.5. The summed E-state index contributed by atoms with van der Waals surface area (Å²) in [6.45, 7) is 9.24. The topological polar surface area (TPSA) is 21.3 Å². The minimum atomic E-state index is 0.806. The maximum atomic E-state index is 6.17. The molecule has 0 unspecified atom stereocenters. The standard InChI is InChI=1S/C18H23NO/c1-12-6-7-17(16(9-12)11-19-5)20-18-10-13(2)8-14(3)15(18)4/h6-10,19H,11H2,1-5H3. The maximum Gasteiger partial charge on any atom is 0.131 e. The summed E-state index contributed by atoms with van der Waals surface area (Å²) in [5.74, 6) is 1.88. The van der Waals surface area contributed by atoms with Crippen molar-refractivity contribution in [2.75, 3.05) is 7.05 Å². The predicted molar refractivity (Wildman–Crippen MR) is 84.7 cm³/mol. The number of hydrogen-bond donors (Lipinski definition) is 1. The molecule has 2 aromatic rings. The van der Waals surface area contributed by atoms with Crippen molar-refractivity contribution in [2.45, 2.75) is 34.2 Å². The molecule has 2 heteroatoms. The van der Waals surface area contributed by atoms with Crippen LogP contribution in [0.15, 0.2) is 30.3 Å². The second-order valence-electron chi connectivity index (χ2n) is 5.45. The van der Waals surface area contributed by atoms with Gasteiger partial charge in [-0.05, 0) is 63.6 Å². The molecule has 0 radical (unpaired) electrons. The van der Waals surface area contributed by atoms with E-state index in [4.69, 9.17) is 4.74 Å². The normalized spacial score (nSPS) is 10.7. The molecular formula is C18H23NO. The number of ether oxygens (including phenoxy) is 1. The van der Waals surface area contributed by atoms with E-state index in [9.17, 15) is 0 Å². The van der Waals surface area contributed by atoms with Crippen molar-refractivity contribution in [3.8, 4) is 11.5 Å². The molecular weight excluding hydrogens is 246 g/mol. The minimum Gasteiger partial charge on any atom is -0.457 e. The van der Waals surface area contributed by atoms with Crippen LogP contribution in [0.25, 0.3) is 0 Å². The van der Waals surface area contributed by atoms with Crippen molar-refractivity contribution in [1.29, 1.82) is 0 Å². The molecule has 0 aliphatic carbocycles. The van der Waals surface area contributed by atoms with Crippen molar-refractivity contribution in [3.63, 3.8) is 0 Å². The number of aryl methyl sites for hydroxylation is 3. The molecule has 0 aliphatic rings. The first-order valence-corrected chi connectivity index (χ1v) is 7.01. The summed E-state index contributed by atoms with van der Waals surface area (Å²) >= 11 is 0. The predicted octanol–water partition coefficient (Wildman–Crippen LogP) is 4.43. The van der Waals surface area contributed by atoms with Crippen molar-refractivity contribution >= 4 is 0 Å². The van der Waals surface area contributed by atoms with Crippen LogP contribution in [-0.2, 0) is 6.54 Å². The Kier molecular flexibility index (Phi) is 4.46. The monoisotopic (exact) mass is 269 g/mol. The smallest absolute Gasteiger partial charge is 0.131 e. The van der Waals surface area contributed by atoms with Gasteiger partial charge in [0.1, 0.15) is 11.5 Å². The van der Waals surface area contributed by atoms with Gasteiger partial charge in [-0.2, -0.15) is 0 Å². The second kappa shape index (κ2) is 6.10. The van der Waals surface area contributed by atoms with E-state index in [2.05, 4.69) is 63.3 Å². The van der Waals surface area contributed by atoms with Crippen LogP contribution in [0.1, 0.15) is 27.8 Å². The van der Waals surface area contributed by atoms with Gasteiger partial charge >= 0.3 is 0 Å². The third-order valence-electron chi connectivity index (χ3n) is 3.57. The molecule has 2 nitrogen and oxygen atoms in total. The van der Waals surface area contributed by atoms with Gasteiger partial charge in [-0.15, -0.1) is 0 Å². The number of rotatable bonds is 4. The fraction of sp³-hybridized carbons (Fsp3) is 0.333. The first-order chi connectivity index (χ1) is 9.51. The molecule has 2 aromatic carbocycles. The van der Waals surface area contributed by atoms with Crippen LogP contribution in [0, 0.1) is 27.7 Å². The summed E-state index contributed by atoms with van der Waals surface area (Å²) in [5.41, 5.74) is 6.13. The lowest BCUT2D eigenvalue weighted by Gasteiger charge is -2.15. The average molecular weight is 269 g/mol. The van der Waals surface area contributed by atoms with Gasteiger partial charge < -0.3 is 10.1 Å². The van der Waals surface area contributed by atoms with Gasteiger partial charge in [0.15, 0.2) is 0 Å². The molecule has 1 N–H and O–H groups in total. The van der Waals surface area contributed by atoms with Gasteiger partial charge in [0.2, 0.25) is 0 Å². The Morgan fingerprint density at radius 3 is 2.35 bits per heavy atom. The molecule has 0 saturated carbocycles. The van der Waals surface area contributed by atoms with E-state index in [1.54, 1.807) is 0 Å². The van der Waals surface area contributed by atoms with E-state index in [1.807, 2.05) is 7.05 Å². The number of hydrogen-bond acceptors (Lipinski definition) is 2. The lowest BCUT2D eigenvalue weighted by molar-refractivity contribution is 0.469. The van der Waals surface area contributed by atoms with Crippen LogP contribution in [0.3, 0.4) is 0 Å². The van der Waals surface area contributed by atoms with Gasteiger partial charge in [-0.1, -0.05) is 23.8 Å². The Labute approximate surface area is 121 Å². The van der Waals surface area contributed by atoms with Crippen LogP contribution < -0.4 is 10.1 Å². The Bertz CT molecular complexity index is 617. The zero-order valence-electron chi connectivity index (χ0n) is 13.0. The van der Waals surface area contributed by atoms with Crippen molar-refractivity contribution < 1.29 is 4.74 Å². The van der Waals surface area contributed by atoms with Gasteiger partial charge in [0, 0.05) is 12.1 Å². The van der Waals surface area contributed by atoms with Crippen LogP contribution >= 0.6 is 0 Å². The fourth-order valence-electron chi connectivity index (χ4n) is 2.36. The van der Waals surface area contributed by atoms with Gasteiger partial charge in [0.05, 0.1) is 0 Å². The number of benzene rings is 2. The summed E-state index contributed by atoms with van der Waals surface area (Å²) in [6, 6.07) is 10.6. The summed E-state index contributed by atoms with van der Waals surface area (Å²) in [6.07, 6.45) is 0. The highest BCUT2D eigenvalue weighted by Gasteiger charge is 2.09. The molecule has 0 spiro atoms. The zero-order valence-corrected chi connectivity index (χ0v) is 13.0. The van der Waals surface area contributed by atoms with Crippen LogP contribution in [-0.4, -0.2) is 7.05 Å². The maximum absolute atomic E-state index is 6.17. The highest BCUT2D eigenvalue weighted by Crippen LogP contribution is 2.31. The first-order valence-electron chi connectivity index (χ1n) is 7.01.